The second kappa shape index (κ2) is 8.73. The van der Waals surface area contributed by atoms with Crippen LogP contribution in [0.2, 0.25) is 0 Å². The van der Waals surface area contributed by atoms with Crippen LogP contribution in [-0.2, 0) is 11.3 Å². The van der Waals surface area contributed by atoms with E-state index < -0.39 is 0 Å². The average Bonchev–Trinajstić information content (AvgIpc) is 3.21. The predicted molar refractivity (Wildman–Crippen MR) is 125 cm³/mol. The van der Waals surface area contributed by atoms with Gasteiger partial charge in [0.15, 0.2) is 0 Å². The number of ether oxygens (including phenoxy) is 1. The molecule has 1 amide bonds. The Morgan fingerprint density at radius 1 is 1.16 bits per heavy atom. The van der Waals surface area contributed by atoms with Crippen LogP contribution in [0.1, 0.15) is 25.3 Å². The van der Waals surface area contributed by atoms with Crippen molar-refractivity contribution in [2.75, 3.05) is 12.4 Å². The number of rotatable bonds is 6. The smallest absolute Gasteiger partial charge is 0.263 e. The number of nitrogens with zero attached hydrogens (tertiary/aromatic N) is 2. The fourth-order valence-electron chi connectivity index (χ4n) is 3.52. The molecule has 0 bridgehead atoms. The van der Waals surface area contributed by atoms with Gasteiger partial charge in [0.1, 0.15) is 17.1 Å². The number of hydrogen-bond acceptors (Lipinski definition) is 5. The Bertz CT molecular complexity index is 1290. The van der Waals surface area contributed by atoms with Gasteiger partial charge in [0.05, 0.1) is 18.8 Å². The van der Waals surface area contributed by atoms with Gasteiger partial charge in [-0.1, -0.05) is 44.2 Å². The van der Waals surface area contributed by atoms with Gasteiger partial charge in [0, 0.05) is 16.6 Å². The summed E-state index contributed by atoms with van der Waals surface area (Å²) in [4.78, 5) is 30.9. The van der Waals surface area contributed by atoms with Gasteiger partial charge in [-0.05, 0) is 35.2 Å². The number of carbonyl (C=O) groups is 1. The predicted octanol–water partition coefficient (Wildman–Crippen LogP) is 4.90. The Hall–Kier alpha value is -3.45. The van der Waals surface area contributed by atoms with E-state index in [1.54, 1.807) is 7.11 Å². The molecular weight excluding hydrogens is 410 g/mol. The maximum absolute atomic E-state index is 13.2. The fraction of sp³-hybridized carbons (Fsp3) is 0.208. The number of nitrogens with one attached hydrogen (secondary N) is 1. The van der Waals surface area contributed by atoms with Crippen molar-refractivity contribution >= 4 is 33.1 Å². The van der Waals surface area contributed by atoms with Crippen molar-refractivity contribution in [3.63, 3.8) is 0 Å². The first-order chi connectivity index (χ1) is 15.0. The van der Waals surface area contributed by atoms with Crippen molar-refractivity contribution in [3.8, 4) is 16.9 Å². The van der Waals surface area contributed by atoms with Gasteiger partial charge in [-0.3, -0.25) is 14.2 Å². The largest absolute Gasteiger partial charge is 0.497 e. The Balaban J connectivity index is 1.64. The molecular formula is C24H23N3O3S. The van der Waals surface area contributed by atoms with Crippen LogP contribution in [0.4, 0.5) is 5.69 Å². The highest BCUT2D eigenvalue weighted by Gasteiger charge is 2.16. The lowest BCUT2D eigenvalue weighted by molar-refractivity contribution is -0.116. The normalized spacial score (nSPS) is 11.1. The maximum Gasteiger partial charge on any atom is 0.263 e. The number of aromatic nitrogens is 2. The molecule has 0 atom stereocenters. The molecule has 4 rings (SSSR count). The van der Waals surface area contributed by atoms with Gasteiger partial charge in [0.2, 0.25) is 5.91 Å². The molecule has 2 heterocycles. The Kier molecular flexibility index (Phi) is 5.86. The maximum atomic E-state index is 13.2. The first-order valence-corrected chi connectivity index (χ1v) is 10.9. The Labute approximate surface area is 184 Å². The fourth-order valence-corrected chi connectivity index (χ4v) is 4.43. The molecule has 0 saturated carbocycles. The molecule has 6 nitrogen and oxygen atoms in total. The third kappa shape index (κ3) is 4.22. The lowest BCUT2D eigenvalue weighted by atomic mass is 10.0. The summed E-state index contributed by atoms with van der Waals surface area (Å²) in [5.41, 5.74) is 3.29. The summed E-state index contributed by atoms with van der Waals surface area (Å²) in [7, 11) is 1.61. The average molecular weight is 434 g/mol. The summed E-state index contributed by atoms with van der Waals surface area (Å²) in [5, 5.41) is 5.37. The zero-order valence-corrected chi connectivity index (χ0v) is 18.4. The first kappa shape index (κ1) is 20.8. The molecule has 4 aromatic rings. The van der Waals surface area contributed by atoms with Crippen LogP contribution in [0.3, 0.4) is 0 Å². The van der Waals surface area contributed by atoms with Crippen LogP contribution in [0.25, 0.3) is 21.3 Å². The highest BCUT2D eigenvalue weighted by atomic mass is 32.1. The quantitative estimate of drug-likeness (QED) is 0.470. The topological polar surface area (TPSA) is 73.2 Å². The van der Waals surface area contributed by atoms with Gasteiger partial charge in [-0.25, -0.2) is 4.98 Å². The second-order valence-electron chi connectivity index (χ2n) is 7.53. The van der Waals surface area contributed by atoms with Crippen LogP contribution in [0, 0.1) is 0 Å². The molecule has 0 saturated heterocycles. The molecule has 7 heteroatoms. The molecule has 2 aromatic carbocycles. The van der Waals surface area contributed by atoms with Crippen molar-refractivity contribution in [2.24, 2.45) is 0 Å². The number of amides is 1. The van der Waals surface area contributed by atoms with Gasteiger partial charge < -0.3 is 10.1 Å². The van der Waals surface area contributed by atoms with Crippen LogP contribution < -0.4 is 15.6 Å². The minimum Gasteiger partial charge on any atom is -0.497 e. The zero-order chi connectivity index (χ0) is 22.0. The molecule has 0 radical (unpaired) electrons. The van der Waals surface area contributed by atoms with Crippen molar-refractivity contribution in [1.82, 2.24) is 9.55 Å². The van der Waals surface area contributed by atoms with E-state index in [1.807, 2.05) is 53.9 Å². The van der Waals surface area contributed by atoms with Crippen molar-refractivity contribution in [1.29, 1.82) is 0 Å². The Morgan fingerprint density at radius 3 is 2.61 bits per heavy atom. The van der Waals surface area contributed by atoms with E-state index in [9.17, 15) is 9.59 Å². The SMILES string of the molecule is COc1ccc(-c2csc3ncn(CC(=O)Nc4ccccc4C(C)C)c(=O)c23)cc1. The lowest BCUT2D eigenvalue weighted by Gasteiger charge is -2.14. The second-order valence-corrected chi connectivity index (χ2v) is 8.38. The third-order valence-electron chi connectivity index (χ3n) is 5.13. The zero-order valence-electron chi connectivity index (χ0n) is 17.6. The molecule has 0 aliphatic heterocycles. The third-order valence-corrected chi connectivity index (χ3v) is 6.02. The van der Waals surface area contributed by atoms with E-state index in [4.69, 9.17) is 4.74 Å². The molecule has 0 fully saturated rings. The standard InChI is InChI=1S/C24H23N3O3S/c1-15(2)18-6-4-5-7-20(18)26-21(28)12-27-14-25-23-22(24(27)29)19(13-31-23)16-8-10-17(30-3)11-9-16/h4-11,13-15H,12H2,1-3H3,(H,26,28). The molecule has 0 aliphatic rings. The van der Waals surface area contributed by atoms with E-state index in [1.165, 1.54) is 22.2 Å². The summed E-state index contributed by atoms with van der Waals surface area (Å²) in [6, 6.07) is 15.2. The molecule has 31 heavy (non-hydrogen) atoms. The number of carbonyl (C=O) groups excluding carboxylic acids is 1. The van der Waals surface area contributed by atoms with Gasteiger partial charge >= 0.3 is 0 Å². The van der Waals surface area contributed by atoms with Gasteiger partial charge in [-0.2, -0.15) is 0 Å². The first-order valence-electron chi connectivity index (χ1n) is 9.97. The number of anilines is 1. The number of para-hydroxylation sites is 1. The number of hydrogen-bond donors (Lipinski definition) is 1. The van der Waals surface area contributed by atoms with Crippen molar-refractivity contribution < 1.29 is 9.53 Å². The summed E-state index contributed by atoms with van der Waals surface area (Å²) in [6.45, 7) is 4.04. The molecule has 0 unspecified atom stereocenters. The van der Waals surface area contributed by atoms with Crippen LogP contribution in [0.15, 0.2) is 65.0 Å². The summed E-state index contributed by atoms with van der Waals surface area (Å²) < 4.78 is 6.57. The van der Waals surface area contributed by atoms with Crippen LogP contribution in [-0.4, -0.2) is 22.6 Å². The molecule has 2 aromatic heterocycles. The lowest BCUT2D eigenvalue weighted by Crippen LogP contribution is -2.28. The van der Waals surface area contributed by atoms with E-state index in [0.717, 1.165) is 28.1 Å². The van der Waals surface area contributed by atoms with E-state index in [2.05, 4.69) is 24.1 Å². The van der Waals surface area contributed by atoms with Crippen molar-refractivity contribution in [2.45, 2.75) is 26.3 Å². The summed E-state index contributed by atoms with van der Waals surface area (Å²) in [6.07, 6.45) is 1.44. The molecule has 1 N–H and O–H groups in total. The molecule has 0 spiro atoms. The van der Waals surface area contributed by atoms with Gasteiger partial charge in [-0.15, -0.1) is 11.3 Å². The summed E-state index contributed by atoms with van der Waals surface area (Å²) >= 11 is 1.41. The minimum atomic E-state index is -0.266. The highest BCUT2D eigenvalue weighted by molar-refractivity contribution is 7.17. The number of thiophene rings is 1. The summed E-state index contributed by atoms with van der Waals surface area (Å²) in [5.74, 6) is 0.754. The van der Waals surface area contributed by atoms with Gasteiger partial charge in [0.25, 0.3) is 5.56 Å². The Morgan fingerprint density at radius 2 is 1.90 bits per heavy atom. The van der Waals surface area contributed by atoms with E-state index in [0.29, 0.717) is 10.2 Å². The molecule has 0 aliphatic carbocycles. The minimum absolute atomic E-state index is 0.105. The highest BCUT2D eigenvalue weighted by Crippen LogP contribution is 2.31. The number of benzene rings is 2. The monoisotopic (exact) mass is 433 g/mol. The molecule has 158 valence electrons. The van der Waals surface area contributed by atoms with Crippen LogP contribution in [0.5, 0.6) is 5.75 Å². The number of methoxy groups -OCH3 is 1. The van der Waals surface area contributed by atoms with E-state index in [-0.39, 0.29) is 23.9 Å². The van der Waals surface area contributed by atoms with Crippen molar-refractivity contribution in [3.05, 3.63) is 76.2 Å². The van der Waals surface area contributed by atoms with E-state index >= 15 is 0 Å². The number of fused-ring (bicyclic) bond motifs is 1. The van der Waals surface area contributed by atoms with Crippen LogP contribution >= 0.6 is 11.3 Å².